The van der Waals surface area contributed by atoms with E-state index in [0.717, 1.165) is 37.2 Å². The zero-order valence-corrected chi connectivity index (χ0v) is 15.8. The number of aryl methyl sites for hydroxylation is 1. The number of benzene rings is 1. The molecular weight excluding hydrogens is 346 g/mol. The zero-order valence-electron chi connectivity index (χ0n) is 14.2. The number of rotatable bonds is 6. The molecule has 0 saturated carbocycles. The lowest BCUT2D eigenvalue weighted by Crippen LogP contribution is -2.47. The smallest absolute Gasteiger partial charge is 0.234 e. The van der Waals surface area contributed by atoms with Crippen molar-refractivity contribution >= 4 is 41.7 Å². The molecule has 0 bridgehead atoms. The SMILES string of the molecule is CNC1CCCN(C(=O)CSCC(=O)Nc2ccc(C)cc2)C1.Cl. The molecule has 1 aromatic carbocycles. The van der Waals surface area contributed by atoms with Crippen molar-refractivity contribution in [1.29, 1.82) is 0 Å². The number of thioether (sulfide) groups is 1. The molecule has 24 heavy (non-hydrogen) atoms. The number of halogens is 1. The van der Waals surface area contributed by atoms with Crippen LogP contribution in [0.15, 0.2) is 24.3 Å². The average molecular weight is 372 g/mol. The van der Waals surface area contributed by atoms with Gasteiger partial charge in [-0.3, -0.25) is 9.59 Å². The molecule has 1 unspecified atom stereocenters. The summed E-state index contributed by atoms with van der Waals surface area (Å²) in [6, 6.07) is 8.08. The van der Waals surface area contributed by atoms with Crippen molar-refractivity contribution in [3.63, 3.8) is 0 Å². The summed E-state index contributed by atoms with van der Waals surface area (Å²) in [5.41, 5.74) is 1.95. The summed E-state index contributed by atoms with van der Waals surface area (Å²) >= 11 is 1.37. The van der Waals surface area contributed by atoms with Crippen molar-refractivity contribution in [2.24, 2.45) is 0 Å². The molecule has 7 heteroatoms. The molecule has 1 aliphatic rings. The van der Waals surface area contributed by atoms with Gasteiger partial charge in [0.15, 0.2) is 0 Å². The van der Waals surface area contributed by atoms with Crippen molar-refractivity contribution in [1.82, 2.24) is 10.2 Å². The van der Waals surface area contributed by atoms with Crippen LogP contribution < -0.4 is 10.6 Å². The van der Waals surface area contributed by atoms with Gasteiger partial charge in [-0.15, -0.1) is 24.2 Å². The third kappa shape index (κ3) is 6.71. The fourth-order valence-corrected chi connectivity index (χ4v) is 3.31. The third-order valence-electron chi connectivity index (χ3n) is 3.98. The van der Waals surface area contributed by atoms with Crippen LogP contribution in [0, 0.1) is 6.92 Å². The molecule has 0 aromatic heterocycles. The van der Waals surface area contributed by atoms with Gasteiger partial charge in [0.05, 0.1) is 11.5 Å². The Morgan fingerprint density at radius 1 is 1.25 bits per heavy atom. The second-order valence-corrected chi connectivity index (χ2v) is 6.86. The van der Waals surface area contributed by atoms with Crippen LogP contribution >= 0.6 is 24.2 Å². The molecule has 1 fully saturated rings. The predicted octanol–water partition coefficient (Wildman–Crippen LogP) is 2.30. The molecule has 0 radical (unpaired) electrons. The molecule has 0 aliphatic carbocycles. The highest BCUT2D eigenvalue weighted by atomic mass is 35.5. The normalized spacial score (nSPS) is 17.1. The molecule has 5 nitrogen and oxygen atoms in total. The quantitative estimate of drug-likeness (QED) is 0.805. The van der Waals surface area contributed by atoms with E-state index >= 15 is 0 Å². The van der Waals surface area contributed by atoms with E-state index in [4.69, 9.17) is 0 Å². The highest BCUT2D eigenvalue weighted by Gasteiger charge is 2.22. The minimum atomic E-state index is -0.0709. The summed E-state index contributed by atoms with van der Waals surface area (Å²) in [4.78, 5) is 26.0. The second kappa shape index (κ2) is 10.6. The Morgan fingerprint density at radius 2 is 1.96 bits per heavy atom. The Balaban J connectivity index is 0.00000288. The maximum absolute atomic E-state index is 12.2. The predicted molar refractivity (Wildman–Crippen MR) is 103 cm³/mol. The molecule has 2 N–H and O–H groups in total. The second-order valence-electron chi connectivity index (χ2n) is 5.87. The number of carbonyl (C=O) groups is 2. The average Bonchev–Trinajstić information content (AvgIpc) is 2.57. The minimum absolute atomic E-state index is 0. The Bertz CT molecular complexity index is 539. The highest BCUT2D eigenvalue weighted by Crippen LogP contribution is 2.13. The molecule has 2 amide bonds. The van der Waals surface area contributed by atoms with Gasteiger partial charge in [-0.2, -0.15) is 0 Å². The van der Waals surface area contributed by atoms with Gasteiger partial charge in [0, 0.05) is 24.8 Å². The van der Waals surface area contributed by atoms with Crippen LogP contribution in [0.3, 0.4) is 0 Å². The van der Waals surface area contributed by atoms with Gasteiger partial charge in [-0.1, -0.05) is 17.7 Å². The Hall–Kier alpha value is -1.24. The number of nitrogens with one attached hydrogen (secondary N) is 2. The van der Waals surface area contributed by atoms with Gasteiger partial charge in [0.1, 0.15) is 0 Å². The summed E-state index contributed by atoms with van der Waals surface area (Å²) < 4.78 is 0. The van der Waals surface area contributed by atoms with Crippen LogP contribution in [-0.4, -0.2) is 54.4 Å². The van der Waals surface area contributed by atoms with Gasteiger partial charge in [-0.05, 0) is 38.9 Å². The first-order valence-corrected chi connectivity index (χ1v) is 9.13. The van der Waals surface area contributed by atoms with E-state index < -0.39 is 0 Å². The molecular formula is C17H26ClN3O2S. The van der Waals surface area contributed by atoms with E-state index in [9.17, 15) is 9.59 Å². The van der Waals surface area contributed by atoms with Crippen LogP contribution in [0.25, 0.3) is 0 Å². The molecule has 1 atom stereocenters. The Morgan fingerprint density at radius 3 is 2.62 bits per heavy atom. The fraction of sp³-hybridized carbons (Fsp3) is 0.529. The lowest BCUT2D eigenvalue weighted by atomic mass is 10.1. The zero-order chi connectivity index (χ0) is 16.7. The topological polar surface area (TPSA) is 61.4 Å². The van der Waals surface area contributed by atoms with Gasteiger partial charge in [0.25, 0.3) is 0 Å². The van der Waals surface area contributed by atoms with Gasteiger partial charge < -0.3 is 15.5 Å². The standard InChI is InChI=1S/C17H25N3O2S.ClH/c1-13-5-7-14(8-6-13)19-16(21)11-23-12-17(22)20-9-3-4-15(10-20)18-2;/h5-8,15,18H,3-4,9-12H2,1-2H3,(H,19,21);1H. The molecule has 1 heterocycles. The first-order chi connectivity index (χ1) is 11.1. The number of likely N-dealkylation sites (N-methyl/N-ethyl adjacent to an activating group) is 1. The van der Waals surface area contributed by atoms with Crippen molar-refractivity contribution in [2.75, 3.05) is 37.0 Å². The summed E-state index contributed by atoms with van der Waals surface area (Å²) in [6.45, 7) is 3.60. The van der Waals surface area contributed by atoms with Crippen molar-refractivity contribution in [3.05, 3.63) is 29.8 Å². The summed E-state index contributed by atoms with van der Waals surface area (Å²) in [6.07, 6.45) is 2.15. The largest absolute Gasteiger partial charge is 0.340 e. The molecule has 1 aromatic rings. The van der Waals surface area contributed by atoms with Crippen LogP contribution in [0.1, 0.15) is 18.4 Å². The number of piperidine rings is 1. The van der Waals surface area contributed by atoms with Crippen molar-refractivity contribution < 1.29 is 9.59 Å². The lowest BCUT2D eigenvalue weighted by molar-refractivity contribution is -0.129. The van der Waals surface area contributed by atoms with E-state index in [-0.39, 0.29) is 24.2 Å². The number of carbonyl (C=O) groups excluding carboxylic acids is 2. The number of hydrogen-bond donors (Lipinski definition) is 2. The van der Waals surface area contributed by atoms with Gasteiger partial charge in [-0.25, -0.2) is 0 Å². The van der Waals surface area contributed by atoms with E-state index in [1.807, 2.05) is 43.1 Å². The molecule has 0 spiro atoms. The number of hydrogen-bond acceptors (Lipinski definition) is 4. The summed E-state index contributed by atoms with van der Waals surface area (Å²) in [5, 5.41) is 6.07. The van der Waals surface area contributed by atoms with Gasteiger partial charge >= 0.3 is 0 Å². The lowest BCUT2D eigenvalue weighted by Gasteiger charge is -2.32. The maximum atomic E-state index is 12.2. The molecule has 1 saturated heterocycles. The molecule has 1 aliphatic heterocycles. The summed E-state index contributed by atoms with van der Waals surface area (Å²) in [7, 11) is 1.93. The van der Waals surface area contributed by atoms with Crippen LogP contribution in [-0.2, 0) is 9.59 Å². The van der Waals surface area contributed by atoms with Crippen molar-refractivity contribution in [3.8, 4) is 0 Å². The summed E-state index contributed by atoms with van der Waals surface area (Å²) in [5.74, 6) is 0.706. The number of nitrogens with zero attached hydrogens (tertiary/aromatic N) is 1. The first kappa shape index (κ1) is 20.8. The third-order valence-corrected chi connectivity index (χ3v) is 4.89. The number of likely N-dealkylation sites (tertiary alicyclic amines) is 1. The van der Waals surface area contributed by atoms with E-state index in [0.29, 0.717) is 17.5 Å². The van der Waals surface area contributed by atoms with E-state index in [2.05, 4.69) is 10.6 Å². The van der Waals surface area contributed by atoms with Crippen molar-refractivity contribution in [2.45, 2.75) is 25.8 Å². The monoisotopic (exact) mass is 371 g/mol. The van der Waals surface area contributed by atoms with E-state index in [1.54, 1.807) is 0 Å². The van der Waals surface area contributed by atoms with E-state index in [1.165, 1.54) is 11.8 Å². The van der Waals surface area contributed by atoms with Crippen LogP contribution in [0.2, 0.25) is 0 Å². The number of anilines is 1. The fourth-order valence-electron chi connectivity index (χ4n) is 2.60. The number of amides is 2. The molecule has 2 rings (SSSR count). The first-order valence-electron chi connectivity index (χ1n) is 7.98. The molecule has 134 valence electrons. The Kier molecular flexibility index (Phi) is 9.18. The minimum Gasteiger partial charge on any atom is -0.340 e. The van der Waals surface area contributed by atoms with Crippen LogP contribution in [0.4, 0.5) is 5.69 Å². The van der Waals surface area contributed by atoms with Gasteiger partial charge in [0.2, 0.25) is 11.8 Å². The maximum Gasteiger partial charge on any atom is 0.234 e. The Labute approximate surface area is 154 Å². The van der Waals surface area contributed by atoms with Crippen LogP contribution in [0.5, 0.6) is 0 Å². The highest BCUT2D eigenvalue weighted by molar-refractivity contribution is 8.00.